The molecule has 2 rings (SSSR count). The molecule has 0 aliphatic heterocycles. The summed E-state index contributed by atoms with van der Waals surface area (Å²) in [6.45, 7) is 0. The van der Waals surface area contributed by atoms with Crippen LogP contribution in [0.2, 0.25) is 0 Å². The Morgan fingerprint density at radius 1 is 0.652 bits per heavy atom. The molecule has 0 aliphatic rings. The molecule has 0 spiro atoms. The molecule has 120 valence electrons. The maximum atomic E-state index is 12.3. The third kappa shape index (κ3) is 4.76. The van der Waals surface area contributed by atoms with Crippen molar-refractivity contribution in [3.63, 3.8) is 0 Å². The first-order valence-corrected chi connectivity index (χ1v) is 10.5. The molecule has 0 unspecified atom stereocenters. The molecular formula is C14H4Br6O3. The number of halogens is 6. The van der Waals surface area contributed by atoms with Gasteiger partial charge in [-0.3, -0.25) is 0 Å². The zero-order valence-electron chi connectivity index (χ0n) is 10.8. The molecule has 3 nitrogen and oxygen atoms in total. The number of hydrogen-bond acceptors (Lipinski definition) is 3. The Labute approximate surface area is 182 Å². The number of carbonyl (C=O) groups excluding carboxylic acids is 2. The normalized spacial score (nSPS) is 10.5. The van der Waals surface area contributed by atoms with Gasteiger partial charge in [-0.05, 0) is 88.0 Å². The van der Waals surface area contributed by atoms with E-state index in [1.54, 1.807) is 24.3 Å². The van der Waals surface area contributed by atoms with E-state index in [0.29, 0.717) is 26.8 Å². The number of carbonyl (C=O) groups is 2. The van der Waals surface area contributed by atoms with Gasteiger partial charge in [0.1, 0.15) is 0 Å². The van der Waals surface area contributed by atoms with Crippen molar-refractivity contribution in [2.45, 2.75) is 0 Å². The minimum Gasteiger partial charge on any atom is -0.386 e. The average Bonchev–Trinajstić information content (AvgIpc) is 2.46. The van der Waals surface area contributed by atoms with Crippen LogP contribution >= 0.6 is 95.6 Å². The van der Waals surface area contributed by atoms with Gasteiger partial charge < -0.3 is 4.74 Å². The minimum atomic E-state index is -0.758. The summed E-state index contributed by atoms with van der Waals surface area (Å²) in [5.74, 6) is -1.52. The third-order valence-corrected chi connectivity index (χ3v) is 7.55. The molecule has 23 heavy (non-hydrogen) atoms. The molecule has 0 fully saturated rings. The molecule has 0 radical (unpaired) electrons. The summed E-state index contributed by atoms with van der Waals surface area (Å²) in [5.41, 5.74) is 0.453. The highest BCUT2D eigenvalue weighted by atomic mass is 79.9. The fraction of sp³-hybridized carbons (Fsp3) is 0. The van der Waals surface area contributed by atoms with Gasteiger partial charge in [-0.15, -0.1) is 0 Å². The van der Waals surface area contributed by atoms with Crippen molar-refractivity contribution in [1.82, 2.24) is 0 Å². The lowest BCUT2D eigenvalue weighted by molar-refractivity contribution is 0.0396. The van der Waals surface area contributed by atoms with Crippen molar-refractivity contribution in [3.8, 4) is 0 Å². The summed E-state index contributed by atoms with van der Waals surface area (Å²) >= 11 is 19.8. The fourth-order valence-electron chi connectivity index (χ4n) is 1.60. The summed E-state index contributed by atoms with van der Waals surface area (Å²) in [5, 5.41) is 0. The highest BCUT2D eigenvalue weighted by molar-refractivity contribution is 9.13. The van der Waals surface area contributed by atoms with Crippen LogP contribution in [0.4, 0.5) is 0 Å². The van der Waals surface area contributed by atoms with Crippen molar-refractivity contribution in [3.05, 3.63) is 62.2 Å². The van der Waals surface area contributed by atoms with Gasteiger partial charge in [0.05, 0.1) is 11.1 Å². The smallest absolute Gasteiger partial charge is 0.347 e. The number of hydrogen-bond donors (Lipinski definition) is 0. The van der Waals surface area contributed by atoms with E-state index in [0.717, 1.165) is 0 Å². The highest BCUT2D eigenvalue weighted by Gasteiger charge is 2.22. The quantitative estimate of drug-likeness (QED) is 0.189. The van der Waals surface area contributed by atoms with Crippen molar-refractivity contribution < 1.29 is 14.3 Å². The maximum absolute atomic E-state index is 12.3. The summed E-state index contributed by atoms with van der Waals surface area (Å²) in [7, 11) is 0. The molecule has 0 aromatic heterocycles. The second kappa shape index (κ2) is 8.23. The lowest BCUT2D eigenvalue weighted by Gasteiger charge is -2.09. The zero-order chi connectivity index (χ0) is 17.3. The van der Waals surface area contributed by atoms with Crippen molar-refractivity contribution in [2.75, 3.05) is 0 Å². The Hall–Kier alpha value is 0.460. The molecule has 0 aliphatic carbocycles. The van der Waals surface area contributed by atoms with E-state index < -0.39 is 11.9 Å². The van der Waals surface area contributed by atoms with E-state index in [9.17, 15) is 9.59 Å². The molecule has 0 N–H and O–H groups in total. The van der Waals surface area contributed by atoms with Crippen LogP contribution in [-0.2, 0) is 4.74 Å². The predicted molar refractivity (Wildman–Crippen MR) is 109 cm³/mol. The summed E-state index contributed by atoms with van der Waals surface area (Å²) in [4.78, 5) is 24.6. The maximum Gasteiger partial charge on any atom is 0.347 e. The number of rotatable bonds is 2. The molecule has 0 saturated carbocycles. The Kier molecular flexibility index (Phi) is 7.07. The first kappa shape index (κ1) is 19.8. The van der Waals surface area contributed by atoms with Gasteiger partial charge in [-0.1, -0.05) is 31.9 Å². The van der Waals surface area contributed by atoms with E-state index in [-0.39, 0.29) is 11.1 Å². The molecule has 0 heterocycles. The molecule has 9 heteroatoms. The van der Waals surface area contributed by atoms with E-state index in [4.69, 9.17) is 4.74 Å². The van der Waals surface area contributed by atoms with Crippen LogP contribution in [0.1, 0.15) is 20.7 Å². The topological polar surface area (TPSA) is 43.4 Å². The van der Waals surface area contributed by atoms with E-state index >= 15 is 0 Å². The van der Waals surface area contributed by atoms with Crippen LogP contribution in [0.15, 0.2) is 51.1 Å². The van der Waals surface area contributed by atoms with Gasteiger partial charge in [-0.25, -0.2) is 9.59 Å². The predicted octanol–water partition coefficient (Wildman–Crippen LogP) is 7.26. The number of esters is 2. The van der Waals surface area contributed by atoms with Gasteiger partial charge in [-0.2, -0.15) is 0 Å². The van der Waals surface area contributed by atoms with Crippen LogP contribution in [0, 0.1) is 0 Å². The second-order valence-electron chi connectivity index (χ2n) is 4.18. The van der Waals surface area contributed by atoms with Crippen molar-refractivity contribution >= 4 is 108 Å². The van der Waals surface area contributed by atoms with Crippen molar-refractivity contribution in [2.24, 2.45) is 0 Å². The molecule has 0 saturated heterocycles. The van der Waals surface area contributed by atoms with Crippen LogP contribution < -0.4 is 0 Å². The summed E-state index contributed by atoms with van der Waals surface area (Å²) < 4.78 is 8.68. The van der Waals surface area contributed by atoms with Gasteiger partial charge in [0, 0.05) is 26.8 Å². The summed E-state index contributed by atoms with van der Waals surface area (Å²) in [6.07, 6.45) is 0. The average molecular weight is 700 g/mol. The Morgan fingerprint density at radius 2 is 1.00 bits per heavy atom. The Bertz CT molecular complexity index is 751. The summed E-state index contributed by atoms with van der Waals surface area (Å²) in [6, 6.07) is 6.67. The molecule has 0 bridgehead atoms. The first-order valence-electron chi connectivity index (χ1n) is 5.76. The first-order chi connectivity index (χ1) is 10.7. The Morgan fingerprint density at radius 3 is 1.35 bits per heavy atom. The van der Waals surface area contributed by atoms with E-state index in [2.05, 4.69) is 95.6 Å². The van der Waals surface area contributed by atoms with Gasteiger partial charge >= 0.3 is 11.9 Å². The largest absolute Gasteiger partial charge is 0.386 e. The van der Waals surface area contributed by atoms with Crippen LogP contribution in [0.5, 0.6) is 0 Å². The molecule has 2 aromatic carbocycles. The fourth-order valence-corrected chi connectivity index (χ4v) is 4.84. The third-order valence-electron chi connectivity index (χ3n) is 2.61. The second-order valence-corrected chi connectivity index (χ2v) is 9.30. The van der Waals surface area contributed by atoms with Crippen LogP contribution in [0.25, 0.3) is 0 Å². The molecule has 0 amide bonds. The molecule has 2 aromatic rings. The number of benzene rings is 2. The lowest BCUT2D eigenvalue weighted by atomic mass is 10.2. The zero-order valence-corrected chi connectivity index (χ0v) is 20.3. The van der Waals surface area contributed by atoms with Gasteiger partial charge in [0.25, 0.3) is 0 Å². The van der Waals surface area contributed by atoms with Gasteiger partial charge in [0.2, 0.25) is 0 Å². The van der Waals surface area contributed by atoms with Crippen molar-refractivity contribution in [1.29, 1.82) is 0 Å². The SMILES string of the molecule is O=C(OC(=O)c1cc(Br)cc(Br)c1Br)c1cc(Br)cc(Br)c1Br. The number of ether oxygens (including phenoxy) is 1. The monoisotopic (exact) mass is 694 g/mol. The highest BCUT2D eigenvalue weighted by Crippen LogP contribution is 2.33. The molecule has 0 atom stereocenters. The van der Waals surface area contributed by atoms with E-state index in [1.165, 1.54) is 0 Å². The van der Waals surface area contributed by atoms with Gasteiger partial charge in [0.15, 0.2) is 0 Å². The Balaban J connectivity index is 2.33. The van der Waals surface area contributed by atoms with Crippen LogP contribution in [0.3, 0.4) is 0 Å². The minimum absolute atomic E-state index is 0.227. The van der Waals surface area contributed by atoms with E-state index in [1.807, 2.05) is 0 Å². The molecular weight excluding hydrogens is 696 g/mol. The van der Waals surface area contributed by atoms with Crippen LogP contribution in [-0.4, -0.2) is 11.9 Å². The lowest BCUT2D eigenvalue weighted by Crippen LogP contribution is -2.14. The standard InChI is InChI=1S/C14H4Br6O3/c15-5-1-7(11(19)9(17)3-5)13(21)23-14(22)8-2-6(16)4-10(18)12(8)20/h1-4H.